The Bertz CT molecular complexity index is 474. The van der Waals surface area contributed by atoms with Crippen molar-refractivity contribution in [1.29, 1.82) is 0 Å². The van der Waals surface area contributed by atoms with Crippen LogP contribution in [-0.4, -0.2) is 31.5 Å². The molecule has 0 heterocycles. The van der Waals surface area contributed by atoms with Crippen molar-refractivity contribution in [2.75, 3.05) is 19.6 Å². The van der Waals surface area contributed by atoms with Crippen LogP contribution in [0.3, 0.4) is 0 Å². The highest BCUT2D eigenvalue weighted by molar-refractivity contribution is 14.0. The van der Waals surface area contributed by atoms with E-state index in [1.165, 1.54) is 5.56 Å². The number of rotatable bonds is 7. The Balaban J connectivity index is 0.00000441. The van der Waals surface area contributed by atoms with Gasteiger partial charge in [0.25, 0.3) is 0 Å². The molecular formula is C16H27IN4O. The minimum atomic E-state index is -0.637. The SMILES string of the molecule is CCNC(=NCC(C)(C)C(N)=O)NCCc1ccccc1.I. The van der Waals surface area contributed by atoms with Gasteiger partial charge in [0, 0.05) is 13.1 Å². The Morgan fingerprint density at radius 3 is 2.41 bits per heavy atom. The molecule has 124 valence electrons. The number of hydrogen-bond donors (Lipinski definition) is 3. The van der Waals surface area contributed by atoms with Gasteiger partial charge in [-0.05, 0) is 32.8 Å². The topological polar surface area (TPSA) is 79.5 Å². The zero-order chi connectivity index (χ0) is 15.7. The van der Waals surface area contributed by atoms with Gasteiger partial charge in [0.2, 0.25) is 5.91 Å². The molecule has 0 radical (unpaired) electrons. The third-order valence-corrected chi connectivity index (χ3v) is 3.19. The minimum absolute atomic E-state index is 0. The third-order valence-electron chi connectivity index (χ3n) is 3.19. The molecule has 0 aromatic heterocycles. The molecule has 1 aromatic carbocycles. The summed E-state index contributed by atoms with van der Waals surface area (Å²) >= 11 is 0. The number of carbonyl (C=O) groups is 1. The van der Waals surface area contributed by atoms with E-state index in [9.17, 15) is 4.79 Å². The molecule has 0 atom stereocenters. The molecule has 4 N–H and O–H groups in total. The van der Waals surface area contributed by atoms with E-state index in [-0.39, 0.29) is 29.9 Å². The summed E-state index contributed by atoms with van der Waals surface area (Å²) in [6.45, 7) is 7.52. The van der Waals surface area contributed by atoms with Crippen LogP contribution in [0.1, 0.15) is 26.3 Å². The van der Waals surface area contributed by atoms with Crippen molar-refractivity contribution in [2.45, 2.75) is 27.2 Å². The maximum absolute atomic E-state index is 11.3. The Morgan fingerprint density at radius 2 is 1.86 bits per heavy atom. The molecule has 1 rings (SSSR count). The number of guanidine groups is 1. The van der Waals surface area contributed by atoms with Crippen molar-refractivity contribution < 1.29 is 4.79 Å². The van der Waals surface area contributed by atoms with E-state index in [0.29, 0.717) is 12.5 Å². The number of amides is 1. The summed E-state index contributed by atoms with van der Waals surface area (Å²) in [5.74, 6) is 0.370. The molecule has 0 saturated heterocycles. The quantitative estimate of drug-likeness (QED) is 0.360. The molecule has 0 aliphatic rings. The number of hydrogen-bond acceptors (Lipinski definition) is 2. The van der Waals surface area contributed by atoms with Crippen LogP contribution >= 0.6 is 24.0 Å². The Kier molecular flexibility index (Phi) is 9.80. The molecule has 1 amide bonds. The summed E-state index contributed by atoms with van der Waals surface area (Å²) in [4.78, 5) is 15.7. The fourth-order valence-electron chi connectivity index (χ4n) is 1.67. The van der Waals surface area contributed by atoms with Crippen LogP contribution in [0, 0.1) is 5.41 Å². The molecule has 5 nitrogen and oxygen atoms in total. The lowest BCUT2D eigenvalue weighted by Crippen LogP contribution is -2.40. The molecule has 22 heavy (non-hydrogen) atoms. The van der Waals surface area contributed by atoms with Crippen LogP contribution < -0.4 is 16.4 Å². The third kappa shape index (κ3) is 7.63. The predicted octanol–water partition coefficient (Wildman–Crippen LogP) is 1.91. The summed E-state index contributed by atoms with van der Waals surface area (Å²) in [6.07, 6.45) is 0.921. The summed E-state index contributed by atoms with van der Waals surface area (Å²) in [5.41, 5.74) is 6.00. The average Bonchev–Trinajstić information content (AvgIpc) is 2.46. The van der Waals surface area contributed by atoms with Gasteiger partial charge in [-0.1, -0.05) is 30.3 Å². The van der Waals surface area contributed by atoms with E-state index in [2.05, 4.69) is 27.8 Å². The van der Waals surface area contributed by atoms with E-state index in [1.807, 2.05) is 25.1 Å². The fourth-order valence-corrected chi connectivity index (χ4v) is 1.67. The summed E-state index contributed by atoms with van der Waals surface area (Å²) < 4.78 is 0. The standard InChI is InChI=1S/C16H26N4O.HI/c1-4-18-15(20-12-16(2,3)14(17)21)19-11-10-13-8-6-5-7-9-13;/h5-9H,4,10-12H2,1-3H3,(H2,17,21)(H2,18,19,20);1H. The second-order valence-corrected chi connectivity index (χ2v) is 5.61. The van der Waals surface area contributed by atoms with E-state index < -0.39 is 5.41 Å². The molecule has 0 saturated carbocycles. The Labute approximate surface area is 150 Å². The van der Waals surface area contributed by atoms with Crippen molar-refractivity contribution in [1.82, 2.24) is 10.6 Å². The van der Waals surface area contributed by atoms with Crippen LogP contribution in [0.25, 0.3) is 0 Å². The van der Waals surface area contributed by atoms with Crippen molar-refractivity contribution in [3.63, 3.8) is 0 Å². The predicted molar refractivity (Wildman–Crippen MR) is 103 cm³/mol. The minimum Gasteiger partial charge on any atom is -0.369 e. The number of nitrogens with two attached hydrogens (primary N) is 1. The van der Waals surface area contributed by atoms with Gasteiger partial charge < -0.3 is 16.4 Å². The van der Waals surface area contributed by atoms with Crippen LogP contribution in [0.2, 0.25) is 0 Å². The van der Waals surface area contributed by atoms with Crippen LogP contribution in [0.4, 0.5) is 0 Å². The number of nitrogens with one attached hydrogen (secondary N) is 2. The maximum atomic E-state index is 11.3. The van der Waals surface area contributed by atoms with Gasteiger partial charge in [-0.15, -0.1) is 24.0 Å². The summed E-state index contributed by atoms with van der Waals surface area (Å²) in [7, 11) is 0. The number of halogens is 1. The largest absolute Gasteiger partial charge is 0.369 e. The zero-order valence-corrected chi connectivity index (χ0v) is 15.9. The zero-order valence-electron chi connectivity index (χ0n) is 13.6. The van der Waals surface area contributed by atoms with E-state index in [0.717, 1.165) is 19.5 Å². The van der Waals surface area contributed by atoms with Crippen molar-refractivity contribution in [3.05, 3.63) is 35.9 Å². The molecule has 0 aliphatic carbocycles. The normalized spacial score (nSPS) is 11.5. The molecule has 0 bridgehead atoms. The molecule has 0 unspecified atom stereocenters. The lowest BCUT2D eigenvalue weighted by molar-refractivity contribution is -0.125. The first-order valence-corrected chi connectivity index (χ1v) is 7.31. The van der Waals surface area contributed by atoms with E-state index in [4.69, 9.17) is 5.73 Å². The Hall–Kier alpha value is -1.31. The highest BCUT2D eigenvalue weighted by Crippen LogP contribution is 2.13. The van der Waals surface area contributed by atoms with Crippen LogP contribution in [-0.2, 0) is 11.2 Å². The number of benzene rings is 1. The van der Waals surface area contributed by atoms with Crippen LogP contribution in [0.5, 0.6) is 0 Å². The highest BCUT2D eigenvalue weighted by atomic mass is 127. The van der Waals surface area contributed by atoms with Gasteiger partial charge in [-0.3, -0.25) is 9.79 Å². The van der Waals surface area contributed by atoms with Gasteiger partial charge in [0.15, 0.2) is 5.96 Å². The second-order valence-electron chi connectivity index (χ2n) is 5.61. The number of carbonyl (C=O) groups excluding carboxylic acids is 1. The molecule has 0 spiro atoms. The molecule has 6 heteroatoms. The van der Waals surface area contributed by atoms with Gasteiger partial charge in [-0.2, -0.15) is 0 Å². The van der Waals surface area contributed by atoms with Gasteiger partial charge in [0.05, 0.1) is 12.0 Å². The average molecular weight is 418 g/mol. The highest BCUT2D eigenvalue weighted by Gasteiger charge is 2.24. The molecule has 0 aliphatic heterocycles. The first kappa shape index (κ1) is 20.7. The van der Waals surface area contributed by atoms with Gasteiger partial charge in [-0.25, -0.2) is 0 Å². The first-order chi connectivity index (χ1) is 9.95. The van der Waals surface area contributed by atoms with Gasteiger partial charge >= 0.3 is 0 Å². The van der Waals surface area contributed by atoms with E-state index >= 15 is 0 Å². The lowest BCUT2D eigenvalue weighted by Gasteiger charge is -2.19. The van der Waals surface area contributed by atoms with E-state index in [1.54, 1.807) is 13.8 Å². The smallest absolute Gasteiger partial charge is 0.224 e. The molecule has 0 fully saturated rings. The van der Waals surface area contributed by atoms with Crippen molar-refractivity contribution in [2.24, 2.45) is 16.1 Å². The number of nitrogens with zero attached hydrogens (tertiary/aromatic N) is 1. The van der Waals surface area contributed by atoms with Crippen molar-refractivity contribution >= 4 is 35.8 Å². The molecule has 1 aromatic rings. The number of primary amides is 1. The summed E-state index contributed by atoms with van der Waals surface area (Å²) in [5, 5.41) is 6.43. The second kappa shape index (κ2) is 10.4. The lowest BCUT2D eigenvalue weighted by atomic mass is 9.93. The fraction of sp³-hybridized carbons (Fsp3) is 0.500. The maximum Gasteiger partial charge on any atom is 0.224 e. The van der Waals surface area contributed by atoms with Gasteiger partial charge in [0.1, 0.15) is 0 Å². The van der Waals surface area contributed by atoms with Crippen LogP contribution in [0.15, 0.2) is 35.3 Å². The number of aliphatic imine (C=N–C) groups is 1. The Morgan fingerprint density at radius 1 is 1.23 bits per heavy atom. The monoisotopic (exact) mass is 418 g/mol. The van der Waals surface area contributed by atoms with Crippen molar-refractivity contribution in [3.8, 4) is 0 Å². The summed E-state index contributed by atoms with van der Waals surface area (Å²) in [6, 6.07) is 10.3. The molecular weight excluding hydrogens is 391 g/mol. The first-order valence-electron chi connectivity index (χ1n) is 7.31.